The minimum atomic E-state index is -0.198. The van der Waals surface area contributed by atoms with Crippen molar-refractivity contribution in [3.63, 3.8) is 0 Å². The van der Waals surface area contributed by atoms with E-state index in [1.165, 1.54) is 0 Å². The number of benzene rings is 1. The third-order valence-corrected chi connectivity index (χ3v) is 3.31. The molecule has 0 unspecified atom stereocenters. The second-order valence-corrected chi connectivity index (χ2v) is 4.88. The van der Waals surface area contributed by atoms with Gasteiger partial charge in [-0.25, -0.2) is 4.79 Å². The Kier molecular flexibility index (Phi) is 5.51. The number of fused-ring (bicyclic) bond motifs is 1. The van der Waals surface area contributed by atoms with Gasteiger partial charge >= 0.3 is 6.03 Å². The Hall–Kier alpha value is -2.14. The molecule has 5 heteroatoms. The number of aromatic nitrogens is 1. The Balaban J connectivity index is 2.16. The molecule has 0 fully saturated rings. The van der Waals surface area contributed by atoms with E-state index in [1.54, 1.807) is 11.1 Å². The summed E-state index contributed by atoms with van der Waals surface area (Å²) in [5, 5.41) is 13.0. The first-order valence-corrected chi connectivity index (χ1v) is 7.26. The third-order valence-electron chi connectivity index (χ3n) is 3.31. The van der Waals surface area contributed by atoms with Crippen LogP contribution >= 0.6 is 0 Å². The van der Waals surface area contributed by atoms with Crippen LogP contribution in [0, 0.1) is 0 Å². The highest BCUT2D eigenvalue weighted by atomic mass is 16.3. The first kappa shape index (κ1) is 15.3. The van der Waals surface area contributed by atoms with Gasteiger partial charge in [-0.15, -0.1) is 0 Å². The van der Waals surface area contributed by atoms with Crippen molar-refractivity contribution in [1.82, 2.24) is 9.88 Å². The molecule has 2 aromatic rings. The fourth-order valence-electron chi connectivity index (χ4n) is 2.18. The van der Waals surface area contributed by atoms with Crippen LogP contribution in [0.5, 0.6) is 0 Å². The second kappa shape index (κ2) is 7.59. The van der Waals surface area contributed by atoms with Crippen molar-refractivity contribution in [2.24, 2.45) is 0 Å². The average molecular weight is 287 g/mol. The van der Waals surface area contributed by atoms with Crippen LogP contribution in [-0.2, 0) is 0 Å². The van der Waals surface area contributed by atoms with Crippen LogP contribution in [0.3, 0.4) is 0 Å². The highest BCUT2D eigenvalue weighted by molar-refractivity contribution is 5.99. The predicted octanol–water partition coefficient (Wildman–Crippen LogP) is 2.86. The average Bonchev–Trinajstić information content (AvgIpc) is 2.51. The maximum atomic E-state index is 12.3. The Morgan fingerprint density at radius 3 is 2.86 bits per heavy atom. The number of hydrogen-bond acceptors (Lipinski definition) is 3. The van der Waals surface area contributed by atoms with E-state index in [0.717, 1.165) is 23.7 Å². The van der Waals surface area contributed by atoms with Gasteiger partial charge in [-0.1, -0.05) is 31.5 Å². The summed E-state index contributed by atoms with van der Waals surface area (Å²) in [6.07, 6.45) is 3.63. The minimum Gasteiger partial charge on any atom is -0.395 e. The van der Waals surface area contributed by atoms with Gasteiger partial charge in [-0.3, -0.25) is 4.98 Å². The highest BCUT2D eigenvalue weighted by Crippen LogP contribution is 2.20. The van der Waals surface area contributed by atoms with Crippen LogP contribution in [0.2, 0.25) is 0 Å². The van der Waals surface area contributed by atoms with Crippen molar-refractivity contribution in [3.8, 4) is 0 Å². The number of unbranched alkanes of at least 4 members (excludes halogenated alkanes) is 1. The summed E-state index contributed by atoms with van der Waals surface area (Å²) in [6.45, 7) is 3.01. The fraction of sp³-hybridized carbons (Fsp3) is 0.375. The third kappa shape index (κ3) is 3.92. The fourth-order valence-corrected chi connectivity index (χ4v) is 2.18. The zero-order chi connectivity index (χ0) is 15.1. The molecule has 112 valence electrons. The van der Waals surface area contributed by atoms with Gasteiger partial charge in [0.1, 0.15) is 0 Å². The normalized spacial score (nSPS) is 10.6. The molecule has 5 nitrogen and oxygen atoms in total. The van der Waals surface area contributed by atoms with Gasteiger partial charge in [0.05, 0.1) is 17.8 Å². The van der Waals surface area contributed by atoms with Crippen LogP contribution in [0.25, 0.3) is 10.9 Å². The Morgan fingerprint density at radius 2 is 2.10 bits per heavy atom. The Bertz CT molecular complexity index is 596. The SMILES string of the molecule is CCCCN(CCO)C(=O)Nc1cccc2cccnc12. The van der Waals surface area contributed by atoms with E-state index in [4.69, 9.17) is 5.11 Å². The number of aliphatic hydroxyl groups excluding tert-OH is 1. The molecule has 0 saturated heterocycles. The lowest BCUT2D eigenvalue weighted by Crippen LogP contribution is -2.37. The smallest absolute Gasteiger partial charge is 0.321 e. The van der Waals surface area contributed by atoms with E-state index in [1.807, 2.05) is 30.3 Å². The number of nitrogens with zero attached hydrogens (tertiary/aromatic N) is 2. The monoisotopic (exact) mass is 287 g/mol. The molecule has 0 aliphatic carbocycles. The van der Waals surface area contributed by atoms with Crippen LogP contribution < -0.4 is 5.32 Å². The first-order valence-electron chi connectivity index (χ1n) is 7.26. The summed E-state index contributed by atoms with van der Waals surface area (Å²) >= 11 is 0. The summed E-state index contributed by atoms with van der Waals surface area (Å²) < 4.78 is 0. The lowest BCUT2D eigenvalue weighted by Gasteiger charge is -2.22. The van der Waals surface area contributed by atoms with Crippen LogP contribution in [0.15, 0.2) is 36.5 Å². The lowest BCUT2D eigenvalue weighted by molar-refractivity contribution is 0.187. The van der Waals surface area contributed by atoms with Gasteiger partial charge in [-0.05, 0) is 18.6 Å². The molecular weight excluding hydrogens is 266 g/mol. The van der Waals surface area contributed by atoms with Gasteiger partial charge in [0, 0.05) is 24.7 Å². The number of carbonyl (C=O) groups is 1. The topological polar surface area (TPSA) is 65.5 Å². The zero-order valence-electron chi connectivity index (χ0n) is 12.2. The van der Waals surface area contributed by atoms with Crippen molar-refractivity contribution in [2.45, 2.75) is 19.8 Å². The van der Waals surface area contributed by atoms with E-state index < -0.39 is 0 Å². The number of anilines is 1. The number of urea groups is 1. The first-order chi connectivity index (χ1) is 10.3. The Morgan fingerprint density at radius 1 is 1.29 bits per heavy atom. The van der Waals surface area contributed by atoms with Crippen molar-refractivity contribution >= 4 is 22.6 Å². The molecule has 0 radical (unpaired) electrons. The Labute approximate surface area is 124 Å². The molecule has 0 bridgehead atoms. The largest absolute Gasteiger partial charge is 0.395 e. The molecule has 0 aliphatic heterocycles. The molecule has 0 saturated carbocycles. The second-order valence-electron chi connectivity index (χ2n) is 4.88. The number of aliphatic hydroxyl groups is 1. The van der Waals surface area contributed by atoms with E-state index in [-0.39, 0.29) is 12.6 Å². The maximum Gasteiger partial charge on any atom is 0.321 e. The minimum absolute atomic E-state index is 0.0368. The summed E-state index contributed by atoms with van der Waals surface area (Å²) in [5.41, 5.74) is 1.46. The molecule has 1 aromatic carbocycles. The molecule has 2 amide bonds. The van der Waals surface area contributed by atoms with Crippen LogP contribution in [0.1, 0.15) is 19.8 Å². The summed E-state index contributed by atoms with van der Waals surface area (Å²) in [6, 6.07) is 9.32. The number of hydrogen-bond donors (Lipinski definition) is 2. The highest BCUT2D eigenvalue weighted by Gasteiger charge is 2.13. The van der Waals surface area contributed by atoms with Gasteiger partial charge in [0.15, 0.2) is 0 Å². The molecule has 1 heterocycles. The predicted molar refractivity (Wildman–Crippen MR) is 84.3 cm³/mol. The van der Waals surface area contributed by atoms with Crippen molar-refractivity contribution in [2.75, 3.05) is 25.0 Å². The molecule has 21 heavy (non-hydrogen) atoms. The number of para-hydroxylation sites is 1. The van der Waals surface area contributed by atoms with Gasteiger partial charge in [0.2, 0.25) is 0 Å². The molecule has 2 N–H and O–H groups in total. The molecule has 0 aliphatic rings. The maximum absolute atomic E-state index is 12.3. The van der Waals surface area contributed by atoms with Crippen LogP contribution in [0.4, 0.5) is 10.5 Å². The van der Waals surface area contributed by atoms with Gasteiger partial charge in [-0.2, -0.15) is 0 Å². The summed E-state index contributed by atoms with van der Waals surface area (Å²) in [4.78, 5) is 18.3. The zero-order valence-corrected chi connectivity index (χ0v) is 12.2. The van der Waals surface area contributed by atoms with E-state index in [0.29, 0.717) is 18.8 Å². The van der Waals surface area contributed by atoms with E-state index >= 15 is 0 Å². The number of pyridine rings is 1. The standard InChI is InChI=1S/C16H21N3O2/c1-2-3-10-19(11-12-20)16(21)18-14-8-4-6-13-7-5-9-17-15(13)14/h4-9,20H,2-3,10-12H2,1H3,(H,18,21). The van der Waals surface area contributed by atoms with Crippen molar-refractivity contribution in [1.29, 1.82) is 0 Å². The number of amides is 2. The quantitative estimate of drug-likeness (QED) is 0.858. The van der Waals surface area contributed by atoms with Gasteiger partial charge in [0.25, 0.3) is 0 Å². The van der Waals surface area contributed by atoms with E-state index in [2.05, 4.69) is 17.2 Å². The molecule has 0 atom stereocenters. The number of carbonyl (C=O) groups excluding carboxylic acids is 1. The summed E-state index contributed by atoms with van der Waals surface area (Å²) in [5.74, 6) is 0. The van der Waals surface area contributed by atoms with Crippen molar-refractivity contribution in [3.05, 3.63) is 36.5 Å². The van der Waals surface area contributed by atoms with Crippen molar-refractivity contribution < 1.29 is 9.90 Å². The van der Waals surface area contributed by atoms with E-state index in [9.17, 15) is 4.79 Å². The number of rotatable bonds is 6. The molecular formula is C16H21N3O2. The lowest BCUT2D eigenvalue weighted by atomic mass is 10.2. The molecule has 2 rings (SSSR count). The molecule has 0 spiro atoms. The number of nitrogens with one attached hydrogen (secondary N) is 1. The summed E-state index contributed by atoms with van der Waals surface area (Å²) in [7, 11) is 0. The molecule has 1 aromatic heterocycles. The van der Waals surface area contributed by atoms with Crippen LogP contribution in [-0.4, -0.2) is 40.7 Å². The van der Waals surface area contributed by atoms with Gasteiger partial charge < -0.3 is 15.3 Å².